The SMILES string of the molecule is CCc1n[nH]c(=S)n1N=Cc1ccc(OCc2ccccc2)cc1. The summed E-state index contributed by atoms with van der Waals surface area (Å²) in [7, 11) is 0. The average molecular weight is 338 g/mol. The van der Waals surface area contributed by atoms with Crippen molar-refractivity contribution < 1.29 is 4.74 Å². The molecule has 1 N–H and O–H groups in total. The van der Waals surface area contributed by atoms with E-state index in [1.807, 2.05) is 61.5 Å². The third kappa shape index (κ3) is 3.97. The third-order valence-electron chi connectivity index (χ3n) is 3.48. The maximum atomic E-state index is 5.77. The molecule has 0 saturated carbocycles. The van der Waals surface area contributed by atoms with E-state index in [0.717, 1.165) is 29.1 Å². The van der Waals surface area contributed by atoms with E-state index in [4.69, 9.17) is 17.0 Å². The molecule has 5 nitrogen and oxygen atoms in total. The fourth-order valence-corrected chi connectivity index (χ4v) is 2.39. The predicted molar refractivity (Wildman–Crippen MR) is 97.0 cm³/mol. The Kier molecular flexibility index (Phi) is 5.18. The Hall–Kier alpha value is -2.73. The van der Waals surface area contributed by atoms with Crippen molar-refractivity contribution in [3.05, 3.63) is 76.3 Å². The summed E-state index contributed by atoms with van der Waals surface area (Å²) < 4.78 is 7.90. The van der Waals surface area contributed by atoms with Crippen LogP contribution >= 0.6 is 12.2 Å². The van der Waals surface area contributed by atoms with Crippen LogP contribution < -0.4 is 4.74 Å². The fraction of sp³-hybridized carbons (Fsp3) is 0.167. The third-order valence-corrected chi connectivity index (χ3v) is 3.75. The van der Waals surface area contributed by atoms with Gasteiger partial charge in [-0.15, -0.1) is 0 Å². The lowest BCUT2D eigenvalue weighted by Crippen LogP contribution is -1.97. The highest BCUT2D eigenvalue weighted by atomic mass is 32.1. The van der Waals surface area contributed by atoms with E-state index in [1.54, 1.807) is 10.9 Å². The molecule has 0 amide bonds. The Bertz CT molecular complexity index is 866. The molecule has 3 aromatic rings. The van der Waals surface area contributed by atoms with E-state index in [1.165, 1.54) is 0 Å². The van der Waals surface area contributed by atoms with Crippen LogP contribution in [-0.2, 0) is 13.0 Å². The second kappa shape index (κ2) is 7.70. The lowest BCUT2D eigenvalue weighted by atomic mass is 10.2. The number of nitrogens with one attached hydrogen (secondary N) is 1. The number of aromatic amines is 1. The smallest absolute Gasteiger partial charge is 0.216 e. The van der Waals surface area contributed by atoms with Crippen LogP contribution in [-0.4, -0.2) is 21.1 Å². The van der Waals surface area contributed by atoms with E-state index in [2.05, 4.69) is 15.3 Å². The molecule has 1 aromatic heterocycles. The normalized spacial score (nSPS) is 11.0. The van der Waals surface area contributed by atoms with Gasteiger partial charge < -0.3 is 4.74 Å². The van der Waals surface area contributed by atoms with E-state index in [9.17, 15) is 0 Å². The summed E-state index contributed by atoms with van der Waals surface area (Å²) >= 11 is 5.17. The lowest BCUT2D eigenvalue weighted by molar-refractivity contribution is 0.306. The number of H-pyrrole nitrogens is 1. The molecule has 2 aromatic carbocycles. The predicted octanol–water partition coefficient (Wildman–Crippen LogP) is 3.96. The number of rotatable bonds is 6. The monoisotopic (exact) mass is 338 g/mol. The van der Waals surface area contributed by atoms with Crippen LogP contribution in [0.15, 0.2) is 59.7 Å². The number of aromatic nitrogens is 3. The highest BCUT2D eigenvalue weighted by Gasteiger charge is 2.01. The van der Waals surface area contributed by atoms with Crippen molar-refractivity contribution in [3.8, 4) is 5.75 Å². The first-order chi connectivity index (χ1) is 11.8. The highest BCUT2D eigenvalue weighted by Crippen LogP contribution is 2.13. The van der Waals surface area contributed by atoms with Crippen molar-refractivity contribution in [3.63, 3.8) is 0 Å². The minimum Gasteiger partial charge on any atom is -0.489 e. The number of nitrogens with zero attached hydrogens (tertiary/aromatic N) is 3. The summed E-state index contributed by atoms with van der Waals surface area (Å²) in [6.45, 7) is 2.56. The standard InChI is InChI=1S/C18H18N4OS/c1-2-17-20-21-18(24)22(17)19-12-14-8-10-16(11-9-14)23-13-15-6-4-3-5-7-15/h3-12H,2,13H2,1H3,(H,21,24). The molecular weight excluding hydrogens is 320 g/mol. The van der Waals surface area contributed by atoms with Crippen LogP contribution in [0, 0.1) is 4.77 Å². The molecule has 0 atom stereocenters. The summed E-state index contributed by atoms with van der Waals surface area (Å²) in [6, 6.07) is 17.9. The first-order valence-electron chi connectivity index (χ1n) is 7.73. The van der Waals surface area contributed by atoms with Gasteiger partial charge in [-0.1, -0.05) is 37.3 Å². The molecule has 122 valence electrons. The van der Waals surface area contributed by atoms with Crippen LogP contribution in [0.1, 0.15) is 23.9 Å². The van der Waals surface area contributed by atoms with Crippen LogP contribution in [0.4, 0.5) is 0 Å². The van der Waals surface area contributed by atoms with Gasteiger partial charge >= 0.3 is 0 Å². The minimum atomic E-state index is 0.492. The van der Waals surface area contributed by atoms with Crippen molar-refractivity contribution in [2.75, 3.05) is 0 Å². The van der Waals surface area contributed by atoms with Crippen molar-refractivity contribution in [1.29, 1.82) is 0 Å². The first kappa shape index (κ1) is 16.1. The second-order valence-corrected chi connectivity index (χ2v) is 5.58. The first-order valence-corrected chi connectivity index (χ1v) is 8.14. The Morgan fingerprint density at radius 1 is 1.17 bits per heavy atom. The maximum Gasteiger partial charge on any atom is 0.216 e. The summed E-state index contributed by atoms with van der Waals surface area (Å²) in [5.74, 6) is 1.63. The minimum absolute atomic E-state index is 0.492. The molecular formula is C18H18N4OS. The van der Waals surface area contributed by atoms with Gasteiger partial charge in [-0.25, -0.2) is 0 Å². The van der Waals surface area contributed by atoms with E-state index >= 15 is 0 Å². The number of ether oxygens (including phenoxy) is 1. The van der Waals surface area contributed by atoms with Crippen LogP contribution in [0.5, 0.6) is 5.75 Å². The van der Waals surface area contributed by atoms with E-state index in [0.29, 0.717) is 11.4 Å². The molecule has 0 aliphatic carbocycles. The van der Waals surface area contributed by atoms with Gasteiger partial charge in [-0.3, -0.25) is 5.10 Å². The average Bonchev–Trinajstić information content (AvgIpc) is 3.00. The summed E-state index contributed by atoms with van der Waals surface area (Å²) in [6.07, 6.45) is 2.52. The molecule has 6 heteroatoms. The maximum absolute atomic E-state index is 5.77. The van der Waals surface area contributed by atoms with E-state index in [-0.39, 0.29) is 0 Å². The van der Waals surface area contributed by atoms with E-state index < -0.39 is 0 Å². The van der Waals surface area contributed by atoms with Crippen molar-refractivity contribution in [2.45, 2.75) is 20.0 Å². The fourth-order valence-electron chi connectivity index (χ4n) is 2.19. The van der Waals surface area contributed by atoms with Crippen LogP contribution in [0.3, 0.4) is 0 Å². The topological polar surface area (TPSA) is 55.2 Å². The Labute approximate surface area is 145 Å². The van der Waals surface area contributed by atoms with Crippen LogP contribution in [0.25, 0.3) is 0 Å². The number of benzene rings is 2. The zero-order valence-corrected chi connectivity index (χ0v) is 14.2. The largest absolute Gasteiger partial charge is 0.489 e. The van der Waals surface area contributed by atoms with Crippen molar-refractivity contribution >= 4 is 18.4 Å². The molecule has 0 aliphatic heterocycles. The molecule has 0 unspecified atom stereocenters. The van der Waals surface area contributed by atoms with Gasteiger partial charge in [0, 0.05) is 6.42 Å². The van der Waals surface area contributed by atoms with Crippen molar-refractivity contribution in [1.82, 2.24) is 14.9 Å². The molecule has 1 heterocycles. The molecule has 0 radical (unpaired) electrons. The second-order valence-electron chi connectivity index (χ2n) is 5.20. The molecule has 0 saturated heterocycles. The molecule has 0 bridgehead atoms. The zero-order chi connectivity index (χ0) is 16.8. The lowest BCUT2D eigenvalue weighted by Gasteiger charge is -2.06. The zero-order valence-electron chi connectivity index (χ0n) is 13.3. The van der Waals surface area contributed by atoms with Gasteiger partial charge in [-0.2, -0.15) is 14.9 Å². The number of hydrogen-bond donors (Lipinski definition) is 1. The molecule has 24 heavy (non-hydrogen) atoms. The summed E-state index contributed by atoms with van der Waals surface area (Å²) in [5, 5.41) is 11.3. The number of aryl methyl sites for hydroxylation is 1. The van der Waals surface area contributed by atoms with Gasteiger partial charge in [0.05, 0.1) is 6.21 Å². The van der Waals surface area contributed by atoms with Gasteiger partial charge in [-0.05, 0) is 47.6 Å². The van der Waals surface area contributed by atoms with Gasteiger partial charge in [0.25, 0.3) is 0 Å². The molecule has 0 fully saturated rings. The van der Waals surface area contributed by atoms with Gasteiger partial charge in [0.15, 0.2) is 5.82 Å². The quantitative estimate of drug-likeness (QED) is 0.547. The molecule has 0 aliphatic rings. The van der Waals surface area contributed by atoms with Crippen molar-refractivity contribution in [2.24, 2.45) is 5.10 Å². The summed E-state index contributed by atoms with van der Waals surface area (Å²) in [5.41, 5.74) is 2.11. The van der Waals surface area contributed by atoms with Crippen LogP contribution in [0.2, 0.25) is 0 Å². The Balaban J connectivity index is 1.65. The number of hydrogen-bond acceptors (Lipinski definition) is 4. The molecule has 0 spiro atoms. The Morgan fingerprint density at radius 3 is 2.62 bits per heavy atom. The van der Waals surface area contributed by atoms with Gasteiger partial charge in [0.2, 0.25) is 4.77 Å². The van der Waals surface area contributed by atoms with Gasteiger partial charge in [0.1, 0.15) is 12.4 Å². The Morgan fingerprint density at radius 2 is 1.92 bits per heavy atom. The highest BCUT2D eigenvalue weighted by molar-refractivity contribution is 7.71. The summed E-state index contributed by atoms with van der Waals surface area (Å²) in [4.78, 5) is 0. The molecule has 3 rings (SSSR count).